The zero-order chi connectivity index (χ0) is 14.7. The second-order valence-electron chi connectivity index (χ2n) is 6.83. The highest BCUT2D eigenvalue weighted by Gasteiger charge is 2.33. The molecular formula is C18H27FN2. The van der Waals surface area contributed by atoms with Gasteiger partial charge in [0, 0.05) is 24.1 Å². The standard InChI is InChI=1S/C18H27FN2/c19-17-12-16(18(14-20)8-2-1-3-9-18)7-6-15(17)13-21-10-4-5-11-21/h6-7,12H,1-5,8-11,13-14,20H2. The smallest absolute Gasteiger partial charge is 0.127 e. The summed E-state index contributed by atoms with van der Waals surface area (Å²) in [7, 11) is 0. The molecule has 0 unspecified atom stereocenters. The van der Waals surface area contributed by atoms with Gasteiger partial charge in [0.15, 0.2) is 0 Å². The lowest BCUT2D eigenvalue weighted by Gasteiger charge is -2.37. The minimum absolute atomic E-state index is 0.0191. The minimum Gasteiger partial charge on any atom is -0.330 e. The summed E-state index contributed by atoms with van der Waals surface area (Å²) in [5, 5.41) is 0. The van der Waals surface area contributed by atoms with Crippen molar-refractivity contribution in [3.63, 3.8) is 0 Å². The van der Waals surface area contributed by atoms with Gasteiger partial charge in [-0.1, -0.05) is 31.4 Å². The van der Waals surface area contributed by atoms with Crippen LogP contribution in [0.25, 0.3) is 0 Å². The fourth-order valence-corrected chi connectivity index (χ4v) is 4.03. The van der Waals surface area contributed by atoms with Crippen LogP contribution < -0.4 is 5.73 Å². The van der Waals surface area contributed by atoms with Gasteiger partial charge in [-0.05, 0) is 50.4 Å². The molecule has 0 radical (unpaired) electrons. The molecule has 0 spiro atoms. The molecule has 116 valence electrons. The number of nitrogens with two attached hydrogens (primary N) is 1. The molecule has 3 rings (SSSR count). The van der Waals surface area contributed by atoms with Crippen LogP contribution >= 0.6 is 0 Å². The molecule has 0 amide bonds. The first-order chi connectivity index (χ1) is 10.2. The summed E-state index contributed by atoms with van der Waals surface area (Å²) >= 11 is 0. The summed E-state index contributed by atoms with van der Waals surface area (Å²) in [6.07, 6.45) is 8.43. The summed E-state index contributed by atoms with van der Waals surface area (Å²) in [4.78, 5) is 2.34. The summed E-state index contributed by atoms with van der Waals surface area (Å²) < 4.78 is 14.5. The Balaban J connectivity index is 1.79. The topological polar surface area (TPSA) is 29.3 Å². The number of hydrogen-bond donors (Lipinski definition) is 1. The lowest BCUT2D eigenvalue weighted by Crippen LogP contribution is -2.37. The molecule has 2 aliphatic rings. The van der Waals surface area contributed by atoms with Gasteiger partial charge in [-0.25, -0.2) is 4.39 Å². The maximum atomic E-state index is 14.5. The van der Waals surface area contributed by atoms with Crippen molar-refractivity contribution in [2.24, 2.45) is 5.73 Å². The van der Waals surface area contributed by atoms with E-state index >= 15 is 0 Å². The van der Waals surface area contributed by atoms with Gasteiger partial charge in [0.05, 0.1) is 0 Å². The van der Waals surface area contributed by atoms with Crippen LogP contribution in [0.1, 0.15) is 56.1 Å². The van der Waals surface area contributed by atoms with E-state index in [1.54, 1.807) is 6.07 Å². The predicted molar refractivity (Wildman–Crippen MR) is 84.7 cm³/mol. The minimum atomic E-state index is -0.0437. The molecular weight excluding hydrogens is 263 g/mol. The second kappa shape index (κ2) is 6.45. The average molecular weight is 290 g/mol. The molecule has 2 N–H and O–H groups in total. The lowest BCUT2D eigenvalue weighted by atomic mass is 9.69. The van der Waals surface area contributed by atoms with E-state index in [-0.39, 0.29) is 11.2 Å². The highest BCUT2D eigenvalue weighted by atomic mass is 19.1. The van der Waals surface area contributed by atoms with E-state index in [4.69, 9.17) is 5.73 Å². The summed E-state index contributed by atoms with van der Waals surface area (Å²) in [6, 6.07) is 5.89. The fraction of sp³-hybridized carbons (Fsp3) is 0.667. The van der Waals surface area contributed by atoms with Crippen LogP contribution in [-0.2, 0) is 12.0 Å². The molecule has 1 aromatic rings. The van der Waals surface area contributed by atoms with E-state index in [0.29, 0.717) is 6.54 Å². The van der Waals surface area contributed by atoms with Crippen molar-refractivity contribution in [1.29, 1.82) is 0 Å². The van der Waals surface area contributed by atoms with Gasteiger partial charge in [0.1, 0.15) is 5.82 Å². The van der Waals surface area contributed by atoms with E-state index in [1.807, 2.05) is 6.07 Å². The Morgan fingerprint density at radius 2 is 1.76 bits per heavy atom. The van der Waals surface area contributed by atoms with Gasteiger partial charge in [0.25, 0.3) is 0 Å². The molecule has 0 bridgehead atoms. The zero-order valence-corrected chi connectivity index (χ0v) is 12.9. The Morgan fingerprint density at radius 1 is 1.05 bits per heavy atom. The maximum absolute atomic E-state index is 14.5. The average Bonchev–Trinajstić information content (AvgIpc) is 3.03. The molecule has 2 fully saturated rings. The Morgan fingerprint density at radius 3 is 2.38 bits per heavy atom. The van der Waals surface area contributed by atoms with Crippen molar-refractivity contribution in [2.45, 2.75) is 56.9 Å². The Hall–Kier alpha value is -0.930. The van der Waals surface area contributed by atoms with Crippen molar-refractivity contribution < 1.29 is 4.39 Å². The Labute approximate surface area is 127 Å². The van der Waals surface area contributed by atoms with Gasteiger partial charge >= 0.3 is 0 Å². The van der Waals surface area contributed by atoms with Gasteiger partial charge in [-0.2, -0.15) is 0 Å². The van der Waals surface area contributed by atoms with Gasteiger partial charge in [0.2, 0.25) is 0 Å². The monoisotopic (exact) mass is 290 g/mol. The molecule has 1 heterocycles. The van der Waals surface area contributed by atoms with Crippen LogP contribution in [-0.4, -0.2) is 24.5 Å². The highest BCUT2D eigenvalue weighted by molar-refractivity contribution is 5.31. The molecule has 3 heteroatoms. The van der Waals surface area contributed by atoms with Crippen LogP contribution in [0.3, 0.4) is 0 Å². The number of likely N-dealkylation sites (tertiary alicyclic amines) is 1. The fourth-order valence-electron chi connectivity index (χ4n) is 4.03. The number of benzene rings is 1. The van der Waals surface area contributed by atoms with Crippen LogP contribution in [0.5, 0.6) is 0 Å². The van der Waals surface area contributed by atoms with Crippen molar-refractivity contribution in [1.82, 2.24) is 4.90 Å². The Kier molecular flexibility index (Phi) is 4.60. The molecule has 1 aliphatic heterocycles. The molecule has 0 aromatic heterocycles. The normalized spacial score (nSPS) is 22.6. The third-order valence-electron chi connectivity index (χ3n) is 5.46. The largest absolute Gasteiger partial charge is 0.330 e. The van der Waals surface area contributed by atoms with E-state index in [1.165, 1.54) is 32.1 Å². The van der Waals surface area contributed by atoms with Crippen molar-refractivity contribution in [2.75, 3.05) is 19.6 Å². The zero-order valence-electron chi connectivity index (χ0n) is 12.9. The predicted octanol–water partition coefficient (Wildman–Crippen LogP) is 3.58. The lowest BCUT2D eigenvalue weighted by molar-refractivity contribution is 0.298. The number of rotatable bonds is 4. The molecule has 1 saturated carbocycles. The first kappa shape index (κ1) is 15.0. The third-order valence-corrected chi connectivity index (χ3v) is 5.46. The molecule has 1 aliphatic carbocycles. The molecule has 1 aromatic carbocycles. The van der Waals surface area contributed by atoms with E-state index in [2.05, 4.69) is 11.0 Å². The number of halogens is 1. The molecule has 1 saturated heterocycles. The maximum Gasteiger partial charge on any atom is 0.127 e. The quantitative estimate of drug-likeness (QED) is 0.918. The first-order valence-corrected chi connectivity index (χ1v) is 8.45. The van der Waals surface area contributed by atoms with E-state index < -0.39 is 0 Å². The van der Waals surface area contributed by atoms with Crippen molar-refractivity contribution in [3.05, 3.63) is 35.1 Å². The van der Waals surface area contributed by atoms with Gasteiger partial charge < -0.3 is 5.73 Å². The first-order valence-electron chi connectivity index (χ1n) is 8.45. The van der Waals surface area contributed by atoms with Crippen LogP contribution in [0.4, 0.5) is 4.39 Å². The van der Waals surface area contributed by atoms with Gasteiger partial charge in [-0.3, -0.25) is 4.90 Å². The number of nitrogens with zero attached hydrogens (tertiary/aromatic N) is 1. The van der Waals surface area contributed by atoms with Crippen molar-refractivity contribution >= 4 is 0 Å². The summed E-state index contributed by atoms with van der Waals surface area (Å²) in [6.45, 7) is 3.60. The third kappa shape index (κ3) is 3.14. The van der Waals surface area contributed by atoms with Crippen LogP contribution in [0, 0.1) is 5.82 Å². The molecule has 21 heavy (non-hydrogen) atoms. The highest BCUT2D eigenvalue weighted by Crippen LogP contribution is 2.39. The van der Waals surface area contributed by atoms with E-state index in [0.717, 1.165) is 43.6 Å². The summed E-state index contributed by atoms with van der Waals surface area (Å²) in [5.41, 5.74) is 8.03. The Bertz CT molecular complexity index is 474. The molecule has 0 atom stereocenters. The van der Waals surface area contributed by atoms with Crippen LogP contribution in [0.15, 0.2) is 18.2 Å². The van der Waals surface area contributed by atoms with Gasteiger partial charge in [-0.15, -0.1) is 0 Å². The number of hydrogen-bond acceptors (Lipinski definition) is 2. The second-order valence-corrected chi connectivity index (χ2v) is 6.83. The van der Waals surface area contributed by atoms with Crippen LogP contribution in [0.2, 0.25) is 0 Å². The van der Waals surface area contributed by atoms with E-state index in [9.17, 15) is 4.39 Å². The summed E-state index contributed by atoms with van der Waals surface area (Å²) in [5.74, 6) is -0.0437. The van der Waals surface area contributed by atoms with Crippen molar-refractivity contribution in [3.8, 4) is 0 Å². The molecule has 2 nitrogen and oxygen atoms in total. The SMILES string of the molecule is NCC1(c2ccc(CN3CCCC3)c(F)c2)CCCCC1.